The van der Waals surface area contributed by atoms with E-state index in [2.05, 4.69) is 0 Å². The van der Waals surface area contributed by atoms with Crippen LogP contribution < -0.4 is 0 Å². The molecular weight excluding hydrogens is 422 g/mol. The van der Waals surface area contributed by atoms with Crippen molar-refractivity contribution in [3.05, 3.63) is 58.8 Å². The third kappa shape index (κ3) is 4.39. The number of amides is 3. The van der Waals surface area contributed by atoms with E-state index in [-0.39, 0.29) is 22.9 Å². The molecule has 10 heteroatoms. The van der Waals surface area contributed by atoms with Crippen molar-refractivity contribution >= 4 is 40.9 Å². The standard InChI is InChI=1S/C21H19N3O6S/c25-18(22-8-10-30-11-9-22)13-24-19(26)17(31-21(24)29)12-16-2-1-7-23(16)15-5-3-14(4-6-15)20(27)28/h1-7,12H,8-11,13H2,(H,27,28)/b17-12+. The van der Waals surface area contributed by atoms with Crippen LogP contribution in [0.1, 0.15) is 16.1 Å². The maximum absolute atomic E-state index is 12.8. The van der Waals surface area contributed by atoms with Gasteiger partial charge in [-0.1, -0.05) is 0 Å². The number of rotatable bonds is 5. The van der Waals surface area contributed by atoms with Crippen LogP contribution in [0.25, 0.3) is 11.8 Å². The summed E-state index contributed by atoms with van der Waals surface area (Å²) in [5, 5.41) is 8.56. The number of benzene rings is 1. The minimum atomic E-state index is -1.01. The number of thioether (sulfide) groups is 1. The van der Waals surface area contributed by atoms with Crippen LogP contribution in [0, 0.1) is 0 Å². The van der Waals surface area contributed by atoms with Gasteiger partial charge in [0.1, 0.15) is 6.54 Å². The van der Waals surface area contributed by atoms with Gasteiger partial charge in [-0.3, -0.25) is 19.3 Å². The van der Waals surface area contributed by atoms with Gasteiger partial charge in [-0.25, -0.2) is 4.79 Å². The molecule has 0 spiro atoms. The highest BCUT2D eigenvalue weighted by molar-refractivity contribution is 8.18. The van der Waals surface area contributed by atoms with E-state index in [0.29, 0.717) is 37.7 Å². The molecule has 1 aromatic carbocycles. The van der Waals surface area contributed by atoms with Gasteiger partial charge < -0.3 is 19.3 Å². The van der Waals surface area contributed by atoms with E-state index in [0.717, 1.165) is 16.7 Å². The number of carbonyl (C=O) groups excluding carboxylic acids is 3. The van der Waals surface area contributed by atoms with Crippen LogP contribution in [-0.4, -0.2) is 75.3 Å². The Morgan fingerprint density at radius 3 is 2.48 bits per heavy atom. The lowest BCUT2D eigenvalue weighted by molar-refractivity contribution is -0.139. The lowest BCUT2D eigenvalue weighted by atomic mass is 10.2. The summed E-state index contributed by atoms with van der Waals surface area (Å²) < 4.78 is 6.99. The number of morpholine rings is 1. The number of ether oxygens (including phenoxy) is 1. The van der Waals surface area contributed by atoms with E-state index >= 15 is 0 Å². The van der Waals surface area contributed by atoms with Gasteiger partial charge in [0.25, 0.3) is 11.1 Å². The van der Waals surface area contributed by atoms with Gasteiger partial charge in [-0.05, 0) is 54.2 Å². The summed E-state index contributed by atoms with van der Waals surface area (Å²) in [5.74, 6) is -1.81. The molecule has 2 aromatic rings. The highest BCUT2D eigenvalue weighted by atomic mass is 32.2. The molecule has 1 N–H and O–H groups in total. The van der Waals surface area contributed by atoms with Crippen LogP contribution in [0.2, 0.25) is 0 Å². The van der Waals surface area contributed by atoms with Crippen LogP contribution in [0.5, 0.6) is 0 Å². The second-order valence-corrected chi connectivity index (χ2v) is 7.91. The molecule has 31 heavy (non-hydrogen) atoms. The Kier molecular flexibility index (Phi) is 5.92. The van der Waals surface area contributed by atoms with E-state index in [1.165, 1.54) is 12.1 Å². The van der Waals surface area contributed by atoms with E-state index in [4.69, 9.17) is 9.84 Å². The largest absolute Gasteiger partial charge is 0.478 e. The van der Waals surface area contributed by atoms with Crippen molar-refractivity contribution < 1.29 is 29.0 Å². The van der Waals surface area contributed by atoms with Crippen LogP contribution in [-0.2, 0) is 14.3 Å². The number of nitrogens with zero attached hydrogens (tertiary/aromatic N) is 3. The third-order valence-corrected chi connectivity index (χ3v) is 5.89. The zero-order valence-corrected chi connectivity index (χ0v) is 17.2. The second kappa shape index (κ2) is 8.78. The van der Waals surface area contributed by atoms with Crippen LogP contribution in [0.3, 0.4) is 0 Å². The van der Waals surface area contributed by atoms with E-state index < -0.39 is 17.1 Å². The Balaban J connectivity index is 1.52. The summed E-state index contributed by atoms with van der Waals surface area (Å²) in [7, 11) is 0. The first-order chi connectivity index (χ1) is 14.9. The van der Waals surface area contributed by atoms with Crippen molar-refractivity contribution in [1.29, 1.82) is 0 Å². The monoisotopic (exact) mass is 441 g/mol. The molecule has 0 saturated carbocycles. The maximum atomic E-state index is 12.8. The Bertz CT molecular complexity index is 1070. The Labute approximate surface area is 181 Å². The third-order valence-electron chi connectivity index (χ3n) is 4.98. The van der Waals surface area contributed by atoms with Crippen molar-refractivity contribution in [3.8, 4) is 5.69 Å². The van der Waals surface area contributed by atoms with Crippen LogP contribution >= 0.6 is 11.8 Å². The molecule has 4 rings (SSSR count). The van der Waals surface area contributed by atoms with E-state index in [9.17, 15) is 19.2 Å². The Hall–Kier alpha value is -3.37. The number of hydrogen-bond acceptors (Lipinski definition) is 6. The van der Waals surface area contributed by atoms with E-state index in [1.807, 2.05) is 0 Å². The zero-order valence-electron chi connectivity index (χ0n) is 16.4. The first kappa shape index (κ1) is 20.9. The molecule has 2 aliphatic heterocycles. The van der Waals surface area contributed by atoms with Crippen molar-refractivity contribution in [2.45, 2.75) is 0 Å². The quantitative estimate of drug-likeness (QED) is 0.708. The molecule has 0 bridgehead atoms. The summed E-state index contributed by atoms with van der Waals surface area (Å²) in [5.41, 5.74) is 1.53. The lowest BCUT2D eigenvalue weighted by Crippen LogP contribution is -2.46. The van der Waals surface area contributed by atoms with Crippen LogP contribution in [0.4, 0.5) is 4.79 Å². The van der Waals surface area contributed by atoms with Gasteiger partial charge in [0.05, 0.1) is 23.7 Å². The SMILES string of the molecule is O=C(O)c1ccc(-n2cccc2/C=C2/SC(=O)N(CC(=O)N3CCOCC3)C2=O)cc1. The number of aromatic nitrogens is 1. The van der Waals surface area contributed by atoms with Crippen molar-refractivity contribution in [2.75, 3.05) is 32.8 Å². The van der Waals surface area contributed by atoms with Gasteiger partial charge in [0, 0.05) is 30.7 Å². The Morgan fingerprint density at radius 2 is 1.81 bits per heavy atom. The number of aromatic carboxylic acids is 1. The van der Waals surface area contributed by atoms with Gasteiger partial charge in [0.15, 0.2) is 0 Å². The molecule has 0 atom stereocenters. The van der Waals surface area contributed by atoms with Gasteiger partial charge in [-0.15, -0.1) is 0 Å². The minimum absolute atomic E-state index is 0.170. The maximum Gasteiger partial charge on any atom is 0.335 e. The summed E-state index contributed by atoms with van der Waals surface area (Å²) in [6.45, 7) is 1.48. The molecule has 0 unspecified atom stereocenters. The lowest BCUT2D eigenvalue weighted by Gasteiger charge is -2.28. The van der Waals surface area contributed by atoms with Gasteiger partial charge >= 0.3 is 5.97 Å². The first-order valence-corrected chi connectivity index (χ1v) is 10.4. The van der Waals surface area contributed by atoms with Crippen molar-refractivity contribution in [1.82, 2.24) is 14.4 Å². The highest BCUT2D eigenvalue weighted by Gasteiger charge is 2.37. The predicted molar refractivity (Wildman–Crippen MR) is 113 cm³/mol. The van der Waals surface area contributed by atoms with Gasteiger partial charge in [0.2, 0.25) is 5.91 Å². The number of hydrogen-bond donors (Lipinski definition) is 1. The molecule has 9 nitrogen and oxygen atoms in total. The molecule has 160 valence electrons. The molecule has 2 fully saturated rings. The summed E-state index contributed by atoms with van der Waals surface area (Å²) in [4.78, 5) is 51.4. The number of imide groups is 1. The summed E-state index contributed by atoms with van der Waals surface area (Å²) >= 11 is 0.791. The molecule has 2 aliphatic rings. The Morgan fingerprint density at radius 1 is 1.10 bits per heavy atom. The molecule has 0 radical (unpaired) electrons. The fourth-order valence-corrected chi connectivity index (χ4v) is 4.15. The molecule has 0 aliphatic carbocycles. The van der Waals surface area contributed by atoms with Crippen molar-refractivity contribution in [3.63, 3.8) is 0 Å². The van der Waals surface area contributed by atoms with Crippen molar-refractivity contribution in [2.24, 2.45) is 0 Å². The molecule has 3 amide bonds. The molecule has 2 saturated heterocycles. The topological polar surface area (TPSA) is 109 Å². The smallest absolute Gasteiger partial charge is 0.335 e. The first-order valence-electron chi connectivity index (χ1n) is 9.56. The predicted octanol–water partition coefficient (Wildman–Crippen LogP) is 2.07. The molecule has 1 aromatic heterocycles. The summed E-state index contributed by atoms with van der Waals surface area (Å²) in [6.07, 6.45) is 3.36. The average molecular weight is 441 g/mol. The molecule has 3 heterocycles. The summed E-state index contributed by atoms with van der Waals surface area (Å²) in [6, 6.07) is 9.86. The number of carbonyl (C=O) groups is 4. The zero-order chi connectivity index (χ0) is 22.0. The fourth-order valence-electron chi connectivity index (χ4n) is 3.33. The number of carboxylic acid groups (broad SMARTS) is 1. The van der Waals surface area contributed by atoms with Gasteiger partial charge in [-0.2, -0.15) is 0 Å². The average Bonchev–Trinajstić information content (AvgIpc) is 3.34. The number of carboxylic acids is 1. The van der Waals surface area contributed by atoms with Crippen LogP contribution in [0.15, 0.2) is 47.5 Å². The fraction of sp³-hybridized carbons (Fsp3) is 0.238. The normalized spacial score (nSPS) is 18.1. The highest BCUT2D eigenvalue weighted by Crippen LogP contribution is 2.32. The second-order valence-electron chi connectivity index (χ2n) is 6.92. The van der Waals surface area contributed by atoms with E-state index in [1.54, 1.807) is 46.0 Å². The minimum Gasteiger partial charge on any atom is -0.478 e. The molecular formula is C21H19N3O6S.